The van der Waals surface area contributed by atoms with Crippen LogP contribution >= 0.6 is 0 Å². The summed E-state index contributed by atoms with van der Waals surface area (Å²) in [5, 5.41) is 1.16. The molecule has 220 valence electrons. The maximum atomic E-state index is 13.8. The molecule has 2 aromatic carbocycles. The standard InChI is InChI=1S/C33H36N8O2/c1-19-35-11-10-29(36-19)39-15-20(16-39)17-41-31-24(37-32(41)27-13-21-6-4-5-7-25(21)38(27)2)12-23(14-28(31)43-3)33(42)40-18-22-8-9-26(40)30(22)34/h4-7,10-14,20,22,26,30H,8-9,15-18,34H2,1-3H3/t22?,26?,30-/m1/s1. The smallest absolute Gasteiger partial charge is 0.254 e. The number of anilines is 1. The molecule has 3 atom stereocenters. The summed E-state index contributed by atoms with van der Waals surface area (Å²) in [7, 11) is 3.76. The van der Waals surface area contributed by atoms with E-state index in [-0.39, 0.29) is 18.0 Å². The molecule has 2 N–H and O–H groups in total. The van der Waals surface area contributed by atoms with Crippen molar-refractivity contribution in [1.82, 2.24) is 29.0 Å². The van der Waals surface area contributed by atoms with Crippen LogP contribution in [0.15, 0.2) is 54.7 Å². The normalized spacial score (nSPS) is 21.7. The summed E-state index contributed by atoms with van der Waals surface area (Å²) in [6.07, 6.45) is 3.90. The number of rotatable bonds is 6. The van der Waals surface area contributed by atoms with Gasteiger partial charge < -0.3 is 29.4 Å². The summed E-state index contributed by atoms with van der Waals surface area (Å²) >= 11 is 0. The summed E-state index contributed by atoms with van der Waals surface area (Å²) in [5.41, 5.74) is 10.9. The van der Waals surface area contributed by atoms with E-state index in [2.05, 4.69) is 61.4 Å². The van der Waals surface area contributed by atoms with Crippen LogP contribution in [0.5, 0.6) is 5.75 Å². The van der Waals surface area contributed by atoms with Gasteiger partial charge in [-0.05, 0) is 56.0 Å². The number of hydrogen-bond acceptors (Lipinski definition) is 7. The van der Waals surface area contributed by atoms with Crippen molar-refractivity contribution in [3.8, 4) is 17.3 Å². The Kier molecular flexibility index (Phi) is 5.98. The molecule has 8 rings (SSSR count). The van der Waals surface area contributed by atoms with Crippen molar-refractivity contribution in [3.63, 3.8) is 0 Å². The Hall–Kier alpha value is -4.44. The van der Waals surface area contributed by atoms with E-state index >= 15 is 0 Å². The fraction of sp³-hybridized carbons (Fsp3) is 0.394. The predicted octanol–water partition coefficient (Wildman–Crippen LogP) is 4.00. The molecule has 2 saturated heterocycles. The van der Waals surface area contributed by atoms with Crippen LogP contribution in [0.25, 0.3) is 33.5 Å². The van der Waals surface area contributed by atoms with Crippen LogP contribution in [0.1, 0.15) is 29.0 Å². The van der Waals surface area contributed by atoms with Gasteiger partial charge in [0.25, 0.3) is 5.91 Å². The van der Waals surface area contributed by atoms with Crippen LogP contribution in [0.4, 0.5) is 5.82 Å². The van der Waals surface area contributed by atoms with Gasteiger partial charge in [-0.2, -0.15) is 0 Å². The lowest BCUT2D eigenvalue weighted by Crippen LogP contribution is -2.49. The SMILES string of the molecule is COc1cc(C(=O)N2CC3CCC2[C@@H]3N)cc2nc(-c3cc4ccccc4n3C)n(CC3CN(c4ccnc(C)n4)C3)c12. The number of ether oxygens (including phenoxy) is 1. The van der Waals surface area contributed by atoms with E-state index in [1.54, 1.807) is 7.11 Å². The number of methoxy groups -OCH3 is 1. The van der Waals surface area contributed by atoms with E-state index in [1.165, 1.54) is 0 Å². The first-order valence-corrected chi connectivity index (χ1v) is 15.1. The minimum absolute atomic E-state index is 0.0123. The average Bonchev–Trinajstić information content (AvgIpc) is 3.73. The number of aromatic nitrogens is 5. The highest BCUT2D eigenvalue weighted by molar-refractivity contribution is 6.00. The largest absolute Gasteiger partial charge is 0.494 e. The topological polar surface area (TPSA) is 107 Å². The molecule has 10 heteroatoms. The summed E-state index contributed by atoms with van der Waals surface area (Å²) in [6, 6.07) is 16.6. The molecule has 0 radical (unpaired) electrons. The van der Waals surface area contributed by atoms with E-state index in [1.807, 2.05) is 36.2 Å². The number of para-hydroxylation sites is 1. The first-order chi connectivity index (χ1) is 20.9. The maximum Gasteiger partial charge on any atom is 0.254 e. The van der Waals surface area contributed by atoms with Crippen molar-refractivity contribution in [2.24, 2.45) is 24.6 Å². The van der Waals surface area contributed by atoms with Crippen LogP contribution in [-0.4, -0.2) is 73.7 Å². The second-order valence-electron chi connectivity index (χ2n) is 12.4. The maximum absolute atomic E-state index is 13.8. The second kappa shape index (κ2) is 9.80. The van der Waals surface area contributed by atoms with Gasteiger partial charge >= 0.3 is 0 Å². The first-order valence-electron chi connectivity index (χ1n) is 15.1. The van der Waals surface area contributed by atoms with E-state index < -0.39 is 0 Å². The molecular formula is C33H36N8O2. The average molecular weight is 577 g/mol. The van der Waals surface area contributed by atoms with Crippen molar-refractivity contribution in [3.05, 3.63) is 66.1 Å². The Balaban J connectivity index is 1.20. The molecular weight excluding hydrogens is 540 g/mol. The number of imidazole rings is 1. The van der Waals surface area contributed by atoms with Crippen LogP contribution in [0.2, 0.25) is 0 Å². The zero-order valence-corrected chi connectivity index (χ0v) is 24.8. The second-order valence-corrected chi connectivity index (χ2v) is 12.4. The number of likely N-dealkylation sites (tertiary alicyclic amines) is 1. The molecule has 5 aromatic rings. The molecule has 0 spiro atoms. The van der Waals surface area contributed by atoms with Gasteiger partial charge in [-0.1, -0.05) is 18.2 Å². The molecule has 3 aromatic heterocycles. The Morgan fingerprint density at radius 1 is 1.07 bits per heavy atom. The lowest BCUT2D eigenvalue weighted by molar-refractivity contribution is 0.0700. The Morgan fingerprint density at radius 3 is 2.63 bits per heavy atom. The molecule has 3 fully saturated rings. The van der Waals surface area contributed by atoms with Crippen LogP contribution < -0.4 is 15.4 Å². The van der Waals surface area contributed by atoms with Crippen LogP contribution in [0, 0.1) is 18.8 Å². The van der Waals surface area contributed by atoms with E-state index in [9.17, 15) is 4.79 Å². The summed E-state index contributed by atoms with van der Waals surface area (Å²) in [5.74, 6) is 4.07. The molecule has 1 saturated carbocycles. The van der Waals surface area contributed by atoms with Crippen molar-refractivity contribution in [2.45, 2.75) is 38.4 Å². The predicted molar refractivity (Wildman–Crippen MR) is 166 cm³/mol. The van der Waals surface area contributed by atoms with Gasteiger partial charge in [0.1, 0.15) is 22.9 Å². The summed E-state index contributed by atoms with van der Waals surface area (Å²) in [4.78, 5) is 32.1. The van der Waals surface area contributed by atoms with Crippen molar-refractivity contribution in [1.29, 1.82) is 0 Å². The number of nitrogens with two attached hydrogens (primary N) is 1. The third-order valence-electron chi connectivity index (χ3n) is 9.85. The third kappa shape index (κ3) is 4.11. The molecule has 1 amide bonds. The minimum Gasteiger partial charge on any atom is -0.494 e. The number of carbonyl (C=O) groups is 1. The van der Waals surface area contributed by atoms with Gasteiger partial charge in [-0.3, -0.25) is 4.79 Å². The van der Waals surface area contributed by atoms with Crippen molar-refractivity contribution in [2.75, 3.05) is 31.6 Å². The zero-order valence-electron chi connectivity index (χ0n) is 24.8. The van der Waals surface area contributed by atoms with E-state index in [4.69, 9.17) is 15.5 Å². The number of amides is 1. The number of hydrogen-bond donors (Lipinski definition) is 1. The molecule has 1 aliphatic carbocycles. The quantitative estimate of drug-likeness (QED) is 0.326. The minimum atomic E-state index is 0.0123. The number of fused-ring (bicyclic) bond motifs is 4. The molecule has 5 heterocycles. The van der Waals surface area contributed by atoms with Crippen LogP contribution in [0.3, 0.4) is 0 Å². The lowest BCUT2D eigenvalue weighted by atomic mass is 9.99. The number of benzene rings is 2. The number of carbonyl (C=O) groups excluding carboxylic acids is 1. The first kappa shape index (κ1) is 26.2. The van der Waals surface area contributed by atoms with Crippen LogP contribution in [-0.2, 0) is 13.6 Å². The monoisotopic (exact) mass is 576 g/mol. The summed E-state index contributed by atoms with van der Waals surface area (Å²) in [6.45, 7) is 5.19. The number of nitrogens with zero attached hydrogens (tertiary/aromatic N) is 7. The fourth-order valence-electron chi connectivity index (χ4n) is 7.58. The number of piperidine rings is 1. The lowest BCUT2D eigenvalue weighted by Gasteiger charge is -2.40. The fourth-order valence-corrected chi connectivity index (χ4v) is 7.58. The highest BCUT2D eigenvalue weighted by atomic mass is 16.5. The molecule has 43 heavy (non-hydrogen) atoms. The Labute approximate surface area is 250 Å². The van der Waals surface area contributed by atoms with E-state index in [0.29, 0.717) is 23.1 Å². The molecule has 2 bridgehead atoms. The Bertz CT molecular complexity index is 1890. The molecule has 2 aliphatic heterocycles. The van der Waals surface area contributed by atoms with Crippen molar-refractivity contribution >= 4 is 33.7 Å². The third-order valence-corrected chi connectivity index (χ3v) is 9.85. The Morgan fingerprint density at radius 2 is 1.91 bits per heavy atom. The summed E-state index contributed by atoms with van der Waals surface area (Å²) < 4.78 is 10.5. The van der Waals surface area contributed by atoms with Gasteiger partial charge in [-0.15, -0.1) is 0 Å². The zero-order chi connectivity index (χ0) is 29.4. The van der Waals surface area contributed by atoms with Gasteiger partial charge in [-0.25, -0.2) is 15.0 Å². The molecule has 3 aliphatic rings. The van der Waals surface area contributed by atoms with Gasteiger partial charge in [0.15, 0.2) is 5.82 Å². The van der Waals surface area contributed by atoms with Gasteiger partial charge in [0.05, 0.1) is 18.3 Å². The van der Waals surface area contributed by atoms with Gasteiger partial charge in [0.2, 0.25) is 0 Å². The van der Waals surface area contributed by atoms with Crippen molar-refractivity contribution < 1.29 is 9.53 Å². The van der Waals surface area contributed by atoms with Gasteiger partial charge in [0, 0.05) is 73.9 Å². The molecule has 10 nitrogen and oxygen atoms in total. The number of aryl methyl sites for hydroxylation is 2. The highest BCUT2D eigenvalue weighted by Gasteiger charge is 2.47. The molecule has 2 unspecified atom stereocenters. The highest BCUT2D eigenvalue weighted by Crippen LogP contribution is 2.40. The van der Waals surface area contributed by atoms with E-state index in [0.717, 1.165) is 84.1 Å².